The highest BCUT2D eigenvalue weighted by Gasteiger charge is 2.25. The van der Waals surface area contributed by atoms with Crippen molar-refractivity contribution in [3.8, 4) is 0 Å². The van der Waals surface area contributed by atoms with E-state index in [1.807, 2.05) is 0 Å². The van der Waals surface area contributed by atoms with Crippen molar-refractivity contribution >= 4 is 0 Å². The fourth-order valence-corrected chi connectivity index (χ4v) is 2.96. The van der Waals surface area contributed by atoms with Crippen molar-refractivity contribution in [2.45, 2.75) is 32.2 Å². The summed E-state index contributed by atoms with van der Waals surface area (Å²) in [7, 11) is 2.06. The molecule has 0 spiro atoms. The van der Waals surface area contributed by atoms with Crippen molar-refractivity contribution in [3.05, 3.63) is 23.8 Å². The quantitative estimate of drug-likeness (QED) is 0.781. The largest absolute Gasteiger partial charge is 0.318 e. The summed E-state index contributed by atoms with van der Waals surface area (Å²) in [6, 6.07) is 0.768. The summed E-state index contributed by atoms with van der Waals surface area (Å²) in [5.74, 6) is 0.738. The van der Waals surface area contributed by atoms with Crippen LogP contribution in [0.4, 0.5) is 0 Å². The van der Waals surface area contributed by atoms with Crippen molar-refractivity contribution in [1.29, 1.82) is 0 Å². The topological polar surface area (TPSA) is 15.3 Å². The van der Waals surface area contributed by atoms with Crippen LogP contribution in [0.3, 0.4) is 0 Å². The minimum atomic E-state index is 0.738. The Balaban J connectivity index is 1.85. The van der Waals surface area contributed by atoms with Crippen LogP contribution in [0.15, 0.2) is 23.8 Å². The van der Waals surface area contributed by atoms with Gasteiger partial charge in [-0.25, -0.2) is 0 Å². The number of likely N-dealkylation sites (N-methyl/N-ethyl adjacent to an activating group) is 1. The molecule has 2 unspecified atom stereocenters. The number of rotatable bonds is 4. The molecule has 2 aliphatic rings. The predicted molar refractivity (Wildman–Crippen MR) is 69.5 cm³/mol. The SMILES string of the molecule is CNCC1CCCN1CC1C=CC=C(C)C1. The van der Waals surface area contributed by atoms with Crippen LogP contribution in [0.2, 0.25) is 0 Å². The summed E-state index contributed by atoms with van der Waals surface area (Å²) >= 11 is 0. The number of hydrogen-bond acceptors (Lipinski definition) is 2. The van der Waals surface area contributed by atoms with Gasteiger partial charge in [0, 0.05) is 19.1 Å². The second kappa shape index (κ2) is 5.65. The maximum absolute atomic E-state index is 3.31. The average Bonchev–Trinajstić information content (AvgIpc) is 2.66. The normalized spacial score (nSPS) is 30.8. The van der Waals surface area contributed by atoms with Gasteiger partial charge in [0.25, 0.3) is 0 Å². The lowest BCUT2D eigenvalue weighted by Crippen LogP contribution is -2.39. The number of hydrogen-bond donors (Lipinski definition) is 1. The second-order valence-electron chi connectivity index (χ2n) is 5.21. The summed E-state index contributed by atoms with van der Waals surface area (Å²) in [5, 5.41) is 3.31. The molecule has 2 nitrogen and oxygen atoms in total. The maximum Gasteiger partial charge on any atom is 0.0221 e. The van der Waals surface area contributed by atoms with Crippen LogP contribution >= 0.6 is 0 Å². The van der Waals surface area contributed by atoms with E-state index in [1.54, 1.807) is 0 Å². The van der Waals surface area contributed by atoms with Crippen molar-refractivity contribution < 1.29 is 0 Å². The third kappa shape index (κ3) is 2.96. The highest BCUT2D eigenvalue weighted by molar-refractivity contribution is 5.18. The Hall–Kier alpha value is -0.600. The molecule has 0 aromatic heterocycles. The van der Waals surface area contributed by atoms with Gasteiger partial charge in [-0.15, -0.1) is 0 Å². The lowest BCUT2D eigenvalue weighted by atomic mass is 9.94. The molecule has 1 saturated heterocycles. The monoisotopic (exact) mass is 220 g/mol. The third-order valence-electron chi connectivity index (χ3n) is 3.76. The lowest BCUT2D eigenvalue weighted by molar-refractivity contribution is 0.226. The van der Waals surface area contributed by atoms with Gasteiger partial charge in [0.1, 0.15) is 0 Å². The molecule has 1 N–H and O–H groups in total. The fourth-order valence-electron chi connectivity index (χ4n) is 2.96. The summed E-state index contributed by atoms with van der Waals surface area (Å²) in [4.78, 5) is 2.67. The van der Waals surface area contributed by atoms with Gasteiger partial charge >= 0.3 is 0 Å². The Morgan fingerprint density at radius 3 is 3.12 bits per heavy atom. The van der Waals surface area contributed by atoms with Crippen LogP contribution in [-0.4, -0.2) is 37.6 Å². The predicted octanol–water partition coefficient (Wildman–Crippen LogP) is 2.19. The molecule has 0 radical (unpaired) electrons. The smallest absolute Gasteiger partial charge is 0.0221 e. The molecule has 2 rings (SSSR count). The van der Waals surface area contributed by atoms with Gasteiger partial charge in [-0.3, -0.25) is 4.90 Å². The summed E-state index contributed by atoms with van der Waals surface area (Å²) < 4.78 is 0. The average molecular weight is 220 g/mol. The Morgan fingerprint density at radius 2 is 2.38 bits per heavy atom. The molecule has 0 saturated carbocycles. The first-order valence-corrected chi connectivity index (χ1v) is 6.52. The Morgan fingerprint density at radius 1 is 1.50 bits per heavy atom. The first-order chi connectivity index (χ1) is 7.79. The van der Waals surface area contributed by atoms with Gasteiger partial charge in [0.2, 0.25) is 0 Å². The van der Waals surface area contributed by atoms with Crippen molar-refractivity contribution in [2.24, 2.45) is 5.92 Å². The summed E-state index contributed by atoms with van der Waals surface area (Å²) in [6.07, 6.45) is 10.8. The van der Waals surface area contributed by atoms with Crippen LogP contribution in [0.25, 0.3) is 0 Å². The molecule has 90 valence electrons. The number of nitrogens with zero attached hydrogens (tertiary/aromatic N) is 1. The molecule has 1 heterocycles. The Labute approximate surface area is 99.4 Å². The van der Waals surface area contributed by atoms with E-state index in [0.717, 1.165) is 18.5 Å². The van der Waals surface area contributed by atoms with E-state index in [4.69, 9.17) is 0 Å². The number of allylic oxidation sites excluding steroid dienone is 3. The van der Waals surface area contributed by atoms with Crippen LogP contribution in [-0.2, 0) is 0 Å². The minimum absolute atomic E-state index is 0.738. The molecule has 2 atom stereocenters. The van der Waals surface area contributed by atoms with Crippen molar-refractivity contribution in [2.75, 3.05) is 26.7 Å². The fraction of sp³-hybridized carbons (Fsp3) is 0.714. The van der Waals surface area contributed by atoms with Gasteiger partial charge in [-0.2, -0.15) is 0 Å². The van der Waals surface area contributed by atoms with E-state index < -0.39 is 0 Å². The first-order valence-electron chi connectivity index (χ1n) is 6.52. The van der Waals surface area contributed by atoms with E-state index >= 15 is 0 Å². The molecule has 0 aromatic carbocycles. The molecule has 0 aromatic rings. The second-order valence-corrected chi connectivity index (χ2v) is 5.21. The van der Waals surface area contributed by atoms with Crippen LogP contribution in [0.5, 0.6) is 0 Å². The number of nitrogens with one attached hydrogen (secondary N) is 1. The van der Waals surface area contributed by atoms with Crippen molar-refractivity contribution in [3.63, 3.8) is 0 Å². The molecule has 1 fully saturated rings. The summed E-state index contributed by atoms with van der Waals surface area (Å²) in [5.41, 5.74) is 1.52. The minimum Gasteiger partial charge on any atom is -0.318 e. The third-order valence-corrected chi connectivity index (χ3v) is 3.76. The van der Waals surface area contributed by atoms with E-state index in [0.29, 0.717) is 0 Å². The van der Waals surface area contributed by atoms with E-state index in [1.165, 1.54) is 37.9 Å². The molecule has 16 heavy (non-hydrogen) atoms. The first kappa shape index (κ1) is 11.9. The van der Waals surface area contributed by atoms with Crippen molar-refractivity contribution in [1.82, 2.24) is 10.2 Å². The zero-order chi connectivity index (χ0) is 11.4. The van der Waals surface area contributed by atoms with Gasteiger partial charge in [-0.1, -0.05) is 23.8 Å². The van der Waals surface area contributed by atoms with Gasteiger partial charge < -0.3 is 5.32 Å². The molecule has 2 heteroatoms. The number of likely N-dealkylation sites (tertiary alicyclic amines) is 1. The van der Waals surface area contributed by atoms with Gasteiger partial charge in [0.05, 0.1) is 0 Å². The van der Waals surface area contributed by atoms with E-state index in [2.05, 4.69) is 42.4 Å². The maximum atomic E-state index is 3.31. The Kier molecular flexibility index (Phi) is 4.19. The zero-order valence-corrected chi connectivity index (χ0v) is 10.6. The van der Waals surface area contributed by atoms with E-state index in [9.17, 15) is 0 Å². The van der Waals surface area contributed by atoms with Crippen LogP contribution in [0, 0.1) is 5.92 Å². The van der Waals surface area contributed by atoms with Gasteiger partial charge in [-0.05, 0) is 45.7 Å². The summed E-state index contributed by atoms with van der Waals surface area (Å²) in [6.45, 7) is 5.92. The Bertz CT molecular complexity index is 280. The van der Waals surface area contributed by atoms with Gasteiger partial charge in [0.15, 0.2) is 0 Å². The standard InChI is InChI=1S/C14H24N2/c1-12-5-3-6-13(9-12)11-16-8-4-7-14(16)10-15-2/h3,5-6,13-15H,4,7-11H2,1-2H3. The van der Waals surface area contributed by atoms with Crippen LogP contribution < -0.4 is 5.32 Å². The highest BCUT2D eigenvalue weighted by Crippen LogP contribution is 2.23. The molecule has 1 aliphatic heterocycles. The molecular weight excluding hydrogens is 196 g/mol. The molecule has 0 bridgehead atoms. The molecule has 1 aliphatic carbocycles. The van der Waals surface area contributed by atoms with E-state index in [-0.39, 0.29) is 0 Å². The molecule has 0 amide bonds. The zero-order valence-electron chi connectivity index (χ0n) is 10.6. The van der Waals surface area contributed by atoms with Crippen LogP contribution in [0.1, 0.15) is 26.2 Å². The molecular formula is C14H24N2. The lowest BCUT2D eigenvalue weighted by Gasteiger charge is -2.28. The highest BCUT2D eigenvalue weighted by atomic mass is 15.2.